The number of amides is 1. The van der Waals surface area contributed by atoms with Crippen LogP contribution in [0.3, 0.4) is 0 Å². The van der Waals surface area contributed by atoms with Crippen LogP contribution in [-0.4, -0.2) is 19.0 Å². The van der Waals surface area contributed by atoms with Crippen molar-refractivity contribution in [2.45, 2.75) is 46.6 Å². The van der Waals surface area contributed by atoms with E-state index in [0.717, 1.165) is 25.9 Å². The van der Waals surface area contributed by atoms with E-state index in [-0.39, 0.29) is 17.4 Å². The lowest BCUT2D eigenvalue weighted by molar-refractivity contribution is -0.133. The molecule has 1 aromatic rings. The summed E-state index contributed by atoms with van der Waals surface area (Å²) < 4.78 is 0. The molecule has 2 rings (SSSR count). The highest BCUT2D eigenvalue weighted by Gasteiger charge is 2.37. The van der Waals surface area contributed by atoms with E-state index in [1.807, 2.05) is 6.07 Å². The Morgan fingerprint density at radius 3 is 2.81 bits per heavy atom. The van der Waals surface area contributed by atoms with Crippen molar-refractivity contribution < 1.29 is 4.79 Å². The van der Waals surface area contributed by atoms with Gasteiger partial charge in [0.15, 0.2) is 0 Å². The zero-order valence-electron chi connectivity index (χ0n) is 13.7. The summed E-state index contributed by atoms with van der Waals surface area (Å²) in [5.74, 6) is 0.571. The van der Waals surface area contributed by atoms with Crippen molar-refractivity contribution in [3.05, 3.63) is 35.4 Å². The van der Waals surface area contributed by atoms with E-state index in [9.17, 15) is 4.79 Å². The molecule has 2 atom stereocenters. The molecular weight excluding hydrogens is 260 g/mol. The molecule has 1 aromatic carbocycles. The van der Waals surface area contributed by atoms with Crippen LogP contribution >= 0.6 is 0 Å². The minimum Gasteiger partial charge on any atom is -0.349 e. The summed E-state index contributed by atoms with van der Waals surface area (Å²) in [6.07, 6.45) is 2.29. The molecule has 3 nitrogen and oxygen atoms in total. The van der Waals surface area contributed by atoms with Crippen molar-refractivity contribution in [2.75, 3.05) is 13.1 Å². The first-order valence-electron chi connectivity index (χ1n) is 7.99. The molecule has 21 heavy (non-hydrogen) atoms. The smallest absolute Gasteiger partial charge is 0.226 e. The second-order valence-corrected chi connectivity index (χ2v) is 6.87. The van der Waals surface area contributed by atoms with Crippen LogP contribution in [0.1, 0.15) is 50.8 Å². The van der Waals surface area contributed by atoms with Crippen molar-refractivity contribution in [3.63, 3.8) is 0 Å². The molecule has 0 radical (unpaired) electrons. The van der Waals surface area contributed by atoms with E-state index < -0.39 is 0 Å². The van der Waals surface area contributed by atoms with Crippen molar-refractivity contribution >= 4 is 5.91 Å². The summed E-state index contributed by atoms with van der Waals surface area (Å²) in [6, 6.07) is 8.39. The first-order chi connectivity index (χ1) is 9.91. The van der Waals surface area contributed by atoms with Crippen LogP contribution in [0, 0.1) is 18.3 Å². The SMILES string of the molecule is Cc1cccc([C@H](C)NC(=O)C(C)(C)C2CCCNC2)c1. The van der Waals surface area contributed by atoms with Gasteiger partial charge in [0.25, 0.3) is 0 Å². The zero-order chi connectivity index (χ0) is 15.5. The van der Waals surface area contributed by atoms with Crippen LogP contribution in [0.4, 0.5) is 0 Å². The monoisotopic (exact) mass is 288 g/mol. The van der Waals surface area contributed by atoms with Gasteiger partial charge in [-0.1, -0.05) is 43.7 Å². The fourth-order valence-corrected chi connectivity index (χ4v) is 3.06. The predicted octanol–water partition coefficient (Wildman–Crippen LogP) is 3.20. The molecule has 0 aromatic heterocycles. The van der Waals surface area contributed by atoms with E-state index in [1.165, 1.54) is 11.1 Å². The summed E-state index contributed by atoms with van der Waals surface area (Å²) in [6.45, 7) is 10.3. The summed E-state index contributed by atoms with van der Waals surface area (Å²) in [7, 11) is 0. The Balaban J connectivity index is 2.02. The van der Waals surface area contributed by atoms with Crippen LogP contribution < -0.4 is 10.6 Å². The van der Waals surface area contributed by atoms with Crippen LogP contribution in [0.25, 0.3) is 0 Å². The third-order valence-electron chi connectivity index (χ3n) is 4.79. The van der Waals surface area contributed by atoms with E-state index in [2.05, 4.69) is 56.5 Å². The van der Waals surface area contributed by atoms with Crippen molar-refractivity contribution in [1.82, 2.24) is 10.6 Å². The summed E-state index contributed by atoms with van der Waals surface area (Å²) in [4.78, 5) is 12.7. The fraction of sp³-hybridized carbons (Fsp3) is 0.611. The van der Waals surface area contributed by atoms with Crippen LogP contribution in [0.5, 0.6) is 0 Å². The van der Waals surface area contributed by atoms with Gasteiger partial charge in [0, 0.05) is 5.41 Å². The number of aryl methyl sites for hydroxylation is 1. The highest BCUT2D eigenvalue weighted by Crippen LogP contribution is 2.32. The Hall–Kier alpha value is -1.35. The maximum Gasteiger partial charge on any atom is 0.226 e. The van der Waals surface area contributed by atoms with Gasteiger partial charge in [-0.3, -0.25) is 4.79 Å². The first-order valence-corrected chi connectivity index (χ1v) is 7.99. The fourth-order valence-electron chi connectivity index (χ4n) is 3.06. The van der Waals surface area contributed by atoms with Gasteiger partial charge in [0.1, 0.15) is 0 Å². The van der Waals surface area contributed by atoms with Gasteiger partial charge in [0.2, 0.25) is 5.91 Å². The largest absolute Gasteiger partial charge is 0.349 e. The molecule has 1 saturated heterocycles. The van der Waals surface area contributed by atoms with E-state index in [4.69, 9.17) is 0 Å². The van der Waals surface area contributed by atoms with Crippen molar-refractivity contribution in [2.24, 2.45) is 11.3 Å². The maximum atomic E-state index is 12.7. The second-order valence-electron chi connectivity index (χ2n) is 6.87. The molecule has 116 valence electrons. The Morgan fingerprint density at radius 2 is 2.19 bits per heavy atom. The molecule has 0 aliphatic carbocycles. The summed E-state index contributed by atoms with van der Waals surface area (Å²) >= 11 is 0. The molecule has 1 aliphatic heterocycles. The topological polar surface area (TPSA) is 41.1 Å². The standard InChI is InChI=1S/C18H28N2O/c1-13-7-5-8-15(11-13)14(2)20-17(21)18(3,4)16-9-6-10-19-12-16/h5,7-8,11,14,16,19H,6,9-10,12H2,1-4H3,(H,20,21)/t14-,16?/m0/s1. The number of carbonyl (C=O) groups excluding carboxylic acids is 1. The lowest BCUT2D eigenvalue weighted by atomic mass is 9.74. The van der Waals surface area contributed by atoms with Gasteiger partial charge < -0.3 is 10.6 Å². The molecule has 0 spiro atoms. The molecule has 1 heterocycles. The first kappa shape index (κ1) is 16.0. The molecule has 2 N–H and O–H groups in total. The van der Waals surface area contributed by atoms with E-state index >= 15 is 0 Å². The number of nitrogens with one attached hydrogen (secondary N) is 2. The van der Waals surface area contributed by atoms with Crippen molar-refractivity contribution in [3.8, 4) is 0 Å². The number of benzene rings is 1. The molecule has 0 saturated carbocycles. The Morgan fingerprint density at radius 1 is 1.43 bits per heavy atom. The van der Waals surface area contributed by atoms with Gasteiger partial charge in [-0.2, -0.15) is 0 Å². The molecule has 1 fully saturated rings. The lowest BCUT2D eigenvalue weighted by Gasteiger charge is -2.36. The van der Waals surface area contributed by atoms with Crippen LogP contribution in [-0.2, 0) is 4.79 Å². The average molecular weight is 288 g/mol. The molecular formula is C18H28N2O. The number of rotatable bonds is 4. The van der Waals surface area contributed by atoms with Gasteiger partial charge in [-0.05, 0) is 51.3 Å². The summed E-state index contributed by atoms with van der Waals surface area (Å²) in [5.41, 5.74) is 2.07. The molecule has 0 bridgehead atoms. The third-order valence-corrected chi connectivity index (χ3v) is 4.79. The van der Waals surface area contributed by atoms with Gasteiger partial charge >= 0.3 is 0 Å². The Kier molecular flexibility index (Phi) is 5.04. The maximum absolute atomic E-state index is 12.7. The lowest BCUT2D eigenvalue weighted by Crippen LogP contribution is -2.47. The van der Waals surface area contributed by atoms with Gasteiger partial charge in [-0.25, -0.2) is 0 Å². The van der Waals surface area contributed by atoms with E-state index in [1.54, 1.807) is 0 Å². The molecule has 1 unspecified atom stereocenters. The van der Waals surface area contributed by atoms with Crippen LogP contribution in [0.15, 0.2) is 24.3 Å². The van der Waals surface area contributed by atoms with Crippen LogP contribution in [0.2, 0.25) is 0 Å². The highest BCUT2D eigenvalue weighted by atomic mass is 16.2. The number of hydrogen-bond donors (Lipinski definition) is 2. The van der Waals surface area contributed by atoms with Gasteiger partial charge in [-0.15, -0.1) is 0 Å². The average Bonchev–Trinajstić information content (AvgIpc) is 2.48. The highest BCUT2D eigenvalue weighted by molar-refractivity contribution is 5.82. The molecule has 3 heteroatoms. The second kappa shape index (κ2) is 6.61. The number of hydrogen-bond acceptors (Lipinski definition) is 2. The number of carbonyl (C=O) groups is 1. The van der Waals surface area contributed by atoms with Gasteiger partial charge in [0.05, 0.1) is 6.04 Å². The number of piperidine rings is 1. The summed E-state index contributed by atoms with van der Waals surface area (Å²) in [5, 5.41) is 6.60. The minimum absolute atomic E-state index is 0.0493. The molecule has 1 aliphatic rings. The van der Waals surface area contributed by atoms with E-state index in [0.29, 0.717) is 5.92 Å². The van der Waals surface area contributed by atoms with Crippen molar-refractivity contribution in [1.29, 1.82) is 0 Å². The normalized spacial score (nSPS) is 20.9. The quantitative estimate of drug-likeness (QED) is 0.893. The predicted molar refractivity (Wildman–Crippen MR) is 87.1 cm³/mol. The Bertz CT molecular complexity index is 490. The third kappa shape index (κ3) is 3.85. The minimum atomic E-state index is -0.328. The Labute approximate surface area is 128 Å². The molecule has 1 amide bonds. The zero-order valence-corrected chi connectivity index (χ0v) is 13.7.